The molecule has 1 aromatic rings. The summed E-state index contributed by atoms with van der Waals surface area (Å²) in [6.45, 7) is 3.78. The van der Waals surface area contributed by atoms with Crippen LogP contribution in [0.1, 0.15) is 40.1 Å². The first-order valence-electron chi connectivity index (χ1n) is 9.62. The molecule has 1 fully saturated rings. The molecule has 3 aliphatic rings. The van der Waals surface area contributed by atoms with E-state index in [-0.39, 0.29) is 24.3 Å². The Morgan fingerprint density at radius 1 is 1.04 bits per heavy atom. The zero-order chi connectivity index (χ0) is 19.1. The third-order valence-corrected chi connectivity index (χ3v) is 7.10. The van der Waals surface area contributed by atoms with Crippen molar-refractivity contribution < 1.29 is 14.4 Å². The Morgan fingerprint density at radius 3 is 2.52 bits per heavy atom. The SMILES string of the molecule is CN1CC(=O)N(C)c2sc3c(c2C1=O)CCN(C(=O)CN1CCCCC1)C3. The lowest BCUT2D eigenvalue weighted by molar-refractivity contribution is -0.133. The smallest absolute Gasteiger partial charge is 0.257 e. The summed E-state index contributed by atoms with van der Waals surface area (Å²) in [5.41, 5.74) is 1.68. The van der Waals surface area contributed by atoms with Gasteiger partial charge >= 0.3 is 0 Å². The zero-order valence-electron chi connectivity index (χ0n) is 16.0. The van der Waals surface area contributed by atoms with Gasteiger partial charge in [0.05, 0.1) is 18.7 Å². The molecule has 0 atom stereocenters. The van der Waals surface area contributed by atoms with E-state index in [0.717, 1.165) is 28.5 Å². The van der Waals surface area contributed by atoms with Gasteiger partial charge in [-0.3, -0.25) is 19.3 Å². The molecule has 0 bridgehead atoms. The van der Waals surface area contributed by atoms with Crippen LogP contribution in [0.4, 0.5) is 5.00 Å². The Bertz CT molecular complexity index is 784. The molecule has 1 aromatic heterocycles. The predicted octanol–water partition coefficient (Wildman–Crippen LogP) is 1.17. The van der Waals surface area contributed by atoms with Crippen LogP contribution in [0.15, 0.2) is 0 Å². The van der Waals surface area contributed by atoms with Gasteiger partial charge in [-0.25, -0.2) is 0 Å². The normalized spacial score (nSPS) is 21.2. The van der Waals surface area contributed by atoms with Crippen molar-refractivity contribution in [2.45, 2.75) is 32.2 Å². The average Bonchev–Trinajstić information content (AvgIpc) is 3.02. The van der Waals surface area contributed by atoms with Crippen molar-refractivity contribution in [3.05, 3.63) is 16.0 Å². The summed E-state index contributed by atoms with van der Waals surface area (Å²) in [6.07, 6.45) is 4.28. The quantitative estimate of drug-likeness (QED) is 0.760. The third kappa shape index (κ3) is 3.36. The lowest BCUT2D eigenvalue weighted by Crippen LogP contribution is -2.44. The van der Waals surface area contributed by atoms with Gasteiger partial charge in [-0.05, 0) is 37.9 Å². The van der Waals surface area contributed by atoms with Crippen molar-refractivity contribution in [3.8, 4) is 0 Å². The predicted molar refractivity (Wildman–Crippen MR) is 104 cm³/mol. The molecule has 0 aliphatic carbocycles. The van der Waals surface area contributed by atoms with E-state index in [0.29, 0.717) is 31.6 Å². The number of carbonyl (C=O) groups is 3. The van der Waals surface area contributed by atoms with Crippen molar-refractivity contribution in [1.29, 1.82) is 0 Å². The molecule has 0 spiro atoms. The fourth-order valence-electron chi connectivity index (χ4n) is 4.15. The summed E-state index contributed by atoms with van der Waals surface area (Å²) in [6, 6.07) is 0. The summed E-state index contributed by atoms with van der Waals surface area (Å²) in [5, 5.41) is 0.727. The standard InChI is InChI=1S/C19H26N4O3S/c1-20-11-15(24)21(2)19-17(18(20)26)13-6-9-23(10-14(13)27-19)16(25)12-22-7-4-3-5-8-22/h3-12H2,1-2H3. The van der Waals surface area contributed by atoms with Crippen LogP contribution in [0.3, 0.4) is 0 Å². The maximum atomic E-state index is 12.8. The van der Waals surface area contributed by atoms with E-state index in [1.165, 1.54) is 35.5 Å². The van der Waals surface area contributed by atoms with E-state index in [1.54, 1.807) is 19.0 Å². The summed E-state index contributed by atoms with van der Waals surface area (Å²) in [5.74, 6) is -0.00598. The molecule has 0 aromatic carbocycles. The highest BCUT2D eigenvalue weighted by molar-refractivity contribution is 7.17. The second kappa shape index (κ2) is 7.24. The van der Waals surface area contributed by atoms with Crippen molar-refractivity contribution in [2.24, 2.45) is 0 Å². The Hall–Kier alpha value is -1.93. The van der Waals surface area contributed by atoms with Gasteiger partial charge in [0.1, 0.15) is 11.5 Å². The third-order valence-electron chi connectivity index (χ3n) is 5.81. The number of likely N-dealkylation sites (N-methyl/N-ethyl adjacent to an activating group) is 2. The summed E-state index contributed by atoms with van der Waals surface area (Å²) in [4.78, 5) is 46.2. The summed E-state index contributed by atoms with van der Waals surface area (Å²) >= 11 is 1.49. The molecule has 0 radical (unpaired) electrons. The van der Waals surface area contributed by atoms with Crippen molar-refractivity contribution >= 4 is 34.1 Å². The molecular formula is C19H26N4O3S. The van der Waals surface area contributed by atoms with Crippen LogP contribution in [0.25, 0.3) is 0 Å². The molecule has 27 heavy (non-hydrogen) atoms. The molecule has 0 N–H and O–H groups in total. The van der Waals surface area contributed by atoms with Crippen LogP contribution in [-0.4, -0.2) is 79.2 Å². The molecule has 4 rings (SSSR count). The maximum absolute atomic E-state index is 12.8. The number of hydrogen-bond donors (Lipinski definition) is 0. The van der Waals surface area contributed by atoms with Gasteiger partial charge in [0.2, 0.25) is 11.8 Å². The van der Waals surface area contributed by atoms with Gasteiger partial charge in [0.25, 0.3) is 5.91 Å². The summed E-state index contributed by atoms with van der Waals surface area (Å²) < 4.78 is 0. The number of hydrogen-bond acceptors (Lipinski definition) is 5. The molecule has 3 aliphatic heterocycles. The molecule has 1 saturated heterocycles. The molecule has 146 valence electrons. The first-order valence-corrected chi connectivity index (χ1v) is 10.4. The fraction of sp³-hybridized carbons (Fsp3) is 0.632. The Morgan fingerprint density at radius 2 is 1.78 bits per heavy atom. The van der Waals surface area contributed by atoms with E-state index in [9.17, 15) is 14.4 Å². The minimum absolute atomic E-state index is 0.0822. The van der Waals surface area contributed by atoms with Crippen molar-refractivity contribution in [1.82, 2.24) is 14.7 Å². The second-order valence-electron chi connectivity index (χ2n) is 7.70. The minimum Gasteiger partial charge on any atom is -0.336 e. The van der Waals surface area contributed by atoms with E-state index in [1.807, 2.05) is 4.90 Å². The first-order chi connectivity index (χ1) is 13.0. The van der Waals surface area contributed by atoms with E-state index in [4.69, 9.17) is 0 Å². The Kier molecular flexibility index (Phi) is 4.94. The largest absolute Gasteiger partial charge is 0.336 e. The van der Waals surface area contributed by atoms with E-state index >= 15 is 0 Å². The second-order valence-corrected chi connectivity index (χ2v) is 8.78. The Balaban J connectivity index is 1.55. The lowest BCUT2D eigenvalue weighted by atomic mass is 10.0. The number of thiophene rings is 1. The van der Waals surface area contributed by atoms with E-state index < -0.39 is 0 Å². The van der Waals surface area contributed by atoms with Crippen LogP contribution in [0, 0.1) is 0 Å². The lowest BCUT2D eigenvalue weighted by Gasteiger charge is -2.31. The van der Waals surface area contributed by atoms with Gasteiger partial charge in [-0.2, -0.15) is 0 Å². The number of fused-ring (bicyclic) bond motifs is 3. The topological polar surface area (TPSA) is 64.2 Å². The van der Waals surface area contributed by atoms with Crippen LogP contribution in [0.2, 0.25) is 0 Å². The zero-order valence-corrected chi connectivity index (χ0v) is 16.8. The summed E-state index contributed by atoms with van der Waals surface area (Å²) in [7, 11) is 3.40. The number of likely N-dealkylation sites (tertiary alicyclic amines) is 1. The number of carbonyl (C=O) groups excluding carboxylic acids is 3. The number of amides is 3. The molecule has 3 amide bonds. The van der Waals surface area contributed by atoms with Gasteiger partial charge < -0.3 is 14.7 Å². The number of anilines is 1. The van der Waals surface area contributed by atoms with Crippen LogP contribution in [-0.2, 0) is 22.6 Å². The van der Waals surface area contributed by atoms with Crippen LogP contribution < -0.4 is 4.90 Å². The number of nitrogens with zero attached hydrogens (tertiary/aromatic N) is 4. The van der Waals surface area contributed by atoms with Gasteiger partial charge in [0, 0.05) is 25.5 Å². The maximum Gasteiger partial charge on any atom is 0.257 e. The molecule has 0 unspecified atom stereocenters. The first kappa shape index (κ1) is 18.4. The Labute approximate surface area is 163 Å². The van der Waals surface area contributed by atoms with Crippen LogP contribution in [0.5, 0.6) is 0 Å². The minimum atomic E-state index is -0.0895. The fourth-order valence-corrected chi connectivity index (χ4v) is 5.48. The van der Waals surface area contributed by atoms with E-state index in [2.05, 4.69) is 4.90 Å². The highest BCUT2D eigenvalue weighted by atomic mass is 32.1. The van der Waals surface area contributed by atoms with Crippen molar-refractivity contribution in [2.75, 3.05) is 51.7 Å². The average molecular weight is 391 g/mol. The molecular weight excluding hydrogens is 364 g/mol. The van der Waals surface area contributed by atoms with Crippen LogP contribution >= 0.6 is 11.3 Å². The molecule has 0 saturated carbocycles. The number of rotatable bonds is 2. The van der Waals surface area contributed by atoms with Gasteiger partial charge in [-0.15, -0.1) is 11.3 Å². The van der Waals surface area contributed by atoms with Gasteiger partial charge in [-0.1, -0.05) is 6.42 Å². The van der Waals surface area contributed by atoms with Gasteiger partial charge in [0.15, 0.2) is 0 Å². The number of piperidine rings is 1. The monoisotopic (exact) mass is 390 g/mol. The molecule has 7 nitrogen and oxygen atoms in total. The molecule has 4 heterocycles. The molecule has 8 heteroatoms. The van der Waals surface area contributed by atoms with Crippen molar-refractivity contribution in [3.63, 3.8) is 0 Å². The highest BCUT2D eigenvalue weighted by Gasteiger charge is 2.36. The highest BCUT2D eigenvalue weighted by Crippen LogP contribution is 2.40.